The molecule has 3 rings (SSSR count). The third kappa shape index (κ3) is 3.70. The van der Waals surface area contributed by atoms with Gasteiger partial charge in [0.2, 0.25) is 15.9 Å². The lowest BCUT2D eigenvalue weighted by Gasteiger charge is -2.23. The molecular weight excluding hydrogens is 358 g/mol. The van der Waals surface area contributed by atoms with Crippen LogP contribution in [-0.2, 0) is 16.4 Å². The fraction of sp³-hybridized carbons (Fsp3) is 0.438. The minimum Gasteiger partial charge on any atom is -0.337 e. The van der Waals surface area contributed by atoms with Crippen LogP contribution in [0.5, 0.6) is 0 Å². The number of rotatable bonds is 4. The molecule has 2 heterocycles. The summed E-state index contributed by atoms with van der Waals surface area (Å²) in [6.45, 7) is 4.25. The van der Waals surface area contributed by atoms with Gasteiger partial charge in [-0.2, -0.15) is 4.98 Å². The number of nitrogens with zero attached hydrogens (tertiary/aromatic N) is 3. The number of anilines is 1. The minimum atomic E-state index is -3.85. The van der Waals surface area contributed by atoms with Crippen LogP contribution in [0, 0.1) is 6.92 Å². The molecule has 140 valence electrons. The molecule has 0 spiro atoms. The summed E-state index contributed by atoms with van der Waals surface area (Å²) < 4.78 is 28.3. The third-order valence-corrected chi connectivity index (χ3v) is 5.29. The van der Waals surface area contributed by atoms with E-state index in [-0.39, 0.29) is 17.0 Å². The standard InChI is InChI=1S/C16H21N5O4S/c1-3-14-19-15(25-20-14)13-5-4-8-21(13)16(22)18-12-9-11(26(17,23)24)7-6-10(12)2/h6-7,9,13H,3-5,8H2,1-2H3,(H,18,22)(H2,17,23,24)/t13-/m0/s1. The van der Waals surface area contributed by atoms with Gasteiger partial charge in [-0.25, -0.2) is 18.4 Å². The number of urea groups is 1. The van der Waals surface area contributed by atoms with Crippen molar-refractivity contribution in [1.29, 1.82) is 0 Å². The molecule has 1 aliphatic rings. The van der Waals surface area contributed by atoms with Gasteiger partial charge in [-0.1, -0.05) is 18.1 Å². The van der Waals surface area contributed by atoms with Gasteiger partial charge in [0.25, 0.3) is 0 Å². The van der Waals surface area contributed by atoms with Crippen LogP contribution in [0.3, 0.4) is 0 Å². The SMILES string of the molecule is CCc1noc([C@@H]2CCCN2C(=O)Nc2cc(S(N)(=O)=O)ccc2C)n1. The van der Waals surface area contributed by atoms with E-state index in [9.17, 15) is 13.2 Å². The van der Waals surface area contributed by atoms with Crippen molar-refractivity contribution in [3.05, 3.63) is 35.5 Å². The number of carbonyl (C=O) groups is 1. The molecule has 0 saturated carbocycles. The highest BCUT2D eigenvalue weighted by Gasteiger charge is 2.34. The largest absolute Gasteiger partial charge is 0.337 e. The van der Waals surface area contributed by atoms with E-state index in [0.717, 1.165) is 18.4 Å². The van der Waals surface area contributed by atoms with Crippen molar-refractivity contribution in [3.8, 4) is 0 Å². The van der Waals surface area contributed by atoms with E-state index in [2.05, 4.69) is 15.5 Å². The van der Waals surface area contributed by atoms with Crippen LogP contribution in [-0.4, -0.2) is 36.0 Å². The molecule has 1 atom stereocenters. The molecule has 10 heteroatoms. The summed E-state index contributed by atoms with van der Waals surface area (Å²) in [5.41, 5.74) is 1.12. The zero-order valence-electron chi connectivity index (χ0n) is 14.6. The van der Waals surface area contributed by atoms with E-state index >= 15 is 0 Å². The molecule has 1 saturated heterocycles. The minimum absolute atomic E-state index is 0.0548. The first kappa shape index (κ1) is 18.3. The Morgan fingerprint density at radius 1 is 1.46 bits per heavy atom. The molecule has 26 heavy (non-hydrogen) atoms. The normalized spacial score (nSPS) is 17.5. The molecule has 0 radical (unpaired) electrons. The number of aromatic nitrogens is 2. The van der Waals surface area contributed by atoms with Crippen molar-refractivity contribution in [2.24, 2.45) is 5.14 Å². The van der Waals surface area contributed by atoms with Crippen LogP contribution < -0.4 is 10.5 Å². The molecule has 2 amide bonds. The smallest absolute Gasteiger partial charge is 0.322 e. The number of likely N-dealkylation sites (tertiary alicyclic amines) is 1. The van der Waals surface area contributed by atoms with Crippen molar-refractivity contribution in [3.63, 3.8) is 0 Å². The molecule has 1 aliphatic heterocycles. The predicted molar refractivity (Wildman–Crippen MR) is 93.9 cm³/mol. The number of primary sulfonamides is 1. The molecular formula is C16H21N5O4S. The molecule has 2 aromatic rings. The Morgan fingerprint density at radius 3 is 2.88 bits per heavy atom. The van der Waals surface area contributed by atoms with Crippen LogP contribution in [0.1, 0.15) is 43.1 Å². The van der Waals surface area contributed by atoms with Gasteiger partial charge in [0, 0.05) is 18.7 Å². The second-order valence-corrected chi connectivity index (χ2v) is 7.77. The Bertz CT molecular complexity index is 924. The van der Waals surface area contributed by atoms with E-state index in [1.165, 1.54) is 12.1 Å². The summed E-state index contributed by atoms with van der Waals surface area (Å²) in [6, 6.07) is 3.73. The topological polar surface area (TPSA) is 131 Å². The maximum atomic E-state index is 12.7. The second-order valence-electron chi connectivity index (χ2n) is 6.21. The van der Waals surface area contributed by atoms with E-state index in [1.807, 2.05) is 6.92 Å². The summed E-state index contributed by atoms with van der Waals surface area (Å²) in [7, 11) is -3.85. The van der Waals surface area contributed by atoms with Gasteiger partial charge < -0.3 is 14.7 Å². The summed E-state index contributed by atoms with van der Waals surface area (Å²) >= 11 is 0. The number of amides is 2. The van der Waals surface area contributed by atoms with Crippen LogP contribution in [0.25, 0.3) is 0 Å². The molecule has 9 nitrogen and oxygen atoms in total. The number of nitrogens with one attached hydrogen (secondary N) is 1. The summed E-state index contributed by atoms with van der Waals surface area (Å²) in [4.78, 5) is 18.6. The molecule has 3 N–H and O–H groups in total. The Kier molecular flexibility index (Phi) is 4.97. The van der Waals surface area contributed by atoms with E-state index in [0.29, 0.717) is 30.4 Å². The van der Waals surface area contributed by atoms with Gasteiger partial charge in [0.1, 0.15) is 6.04 Å². The number of nitrogens with two attached hydrogens (primary N) is 1. The Hall–Kier alpha value is -2.46. The molecule has 0 unspecified atom stereocenters. The summed E-state index contributed by atoms with van der Waals surface area (Å²) in [6.07, 6.45) is 2.20. The van der Waals surface area contributed by atoms with Crippen LogP contribution in [0.15, 0.2) is 27.6 Å². The monoisotopic (exact) mass is 379 g/mol. The maximum absolute atomic E-state index is 12.7. The van der Waals surface area contributed by atoms with Crippen molar-refractivity contribution in [2.45, 2.75) is 44.0 Å². The van der Waals surface area contributed by atoms with Crippen LogP contribution >= 0.6 is 0 Å². The fourth-order valence-corrected chi connectivity index (χ4v) is 3.45. The van der Waals surface area contributed by atoms with Gasteiger partial charge >= 0.3 is 6.03 Å². The maximum Gasteiger partial charge on any atom is 0.322 e. The molecule has 0 aliphatic carbocycles. The number of hydrogen-bond acceptors (Lipinski definition) is 6. The highest BCUT2D eigenvalue weighted by atomic mass is 32.2. The van der Waals surface area contributed by atoms with E-state index in [4.69, 9.17) is 9.66 Å². The molecule has 1 aromatic heterocycles. The first-order chi connectivity index (χ1) is 12.3. The van der Waals surface area contributed by atoms with Gasteiger partial charge in [0.05, 0.1) is 4.90 Å². The lowest BCUT2D eigenvalue weighted by Crippen LogP contribution is -2.34. The first-order valence-corrected chi connectivity index (χ1v) is 9.87. The van der Waals surface area contributed by atoms with Crippen molar-refractivity contribution < 1.29 is 17.7 Å². The predicted octanol–water partition coefficient (Wildman–Crippen LogP) is 1.96. The Labute approximate surface area is 151 Å². The summed E-state index contributed by atoms with van der Waals surface area (Å²) in [5, 5.41) is 11.8. The quantitative estimate of drug-likeness (QED) is 0.834. The fourth-order valence-electron chi connectivity index (χ4n) is 2.91. The van der Waals surface area contributed by atoms with Gasteiger partial charge in [-0.05, 0) is 37.5 Å². The number of sulfonamides is 1. The van der Waals surface area contributed by atoms with E-state index in [1.54, 1.807) is 17.9 Å². The molecule has 1 aromatic carbocycles. The first-order valence-electron chi connectivity index (χ1n) is 8.33. The van der Waals surface area contributed by atoms with Crippen molar-refractivity contribution in [1.82, 2.24) is 15.0 Å². The lowest BCUT2D eigenvalue weighted by atomic mass is 10.2. The van der Waals surface area contributed by atoms with Crippen LogP contribution in [0.4, 0.5) is 10.5 Å². The van der Waals surface area contributed by atoms with Gasteiger partial charge in [-0.3, -0.25) is 0 Å². The lowest BCUT2D eigenvalue weighted by molar-refractivity contribution is 0.193. The van der Waals surface area contributed by atoms with Crippen LogP contribution in [0.2, 0.25) is 0 Å². The van der Waals surface area contributed by atoms with Crippen molar-refractivity contribution in [2.75, 3.05) is 11.9 Å². The summed E-state index contributed by atoms with van der Waals surface area (Å²) in [5.74, 6) is 1.02. The third-order valence-electron chi connectivity index (χ3n) is 4.38. The molecule has 0 bridgehead atoms. The molecule has 1 fully saturated rings. The average Bonchev–Trinajstić information content (AvgIpc) is 3.24. The van der Waals surface area contributed by atoms with Crippen molar-refractivity contribution >= 4 is 21.7 Å². The second kappa shape index (κ2) is 7.04. The number of hydrogen-bond donors (Lipinski definition) is 2. The number of aryl methyl sites for hydroxylation is 2. The van der Waals surface area contributed by atoms with Gasteiger partial charge in [-0.15, -0.1) is 0 Å². The Morgan fingerprint density at radius 2 is 2.23 bits per heavy atom. The highest BCUT2D eigenvalue weighted by molar-refractivity contribution is 7.89. The van der Waals surface area contributed by atoms with Gasteiger partial charge in [0.15, 0.2) is 5.82 Å². The average molecular weight is 379 g/mol. The van der Waals surface area contributed by atoms with E-state index < -0.39 is 10.0 Å². The number of carbonyl (C=O) groups excluding carboxylic acids is 1. The number of benzene rings is 1. The highest BCUT2D eigenvalue weighted by Crippen LogP contribution is 2.32. The zero-order chi connectivity index (χ0) is 18.9. The Balaban J connectivity index is 1.81. The zero-order valence-corrected chi connectivity index (χ0v) is 15.4.